The van der Waals surface area contributed by atoms with Crippen LogP contribution >= 0.6 is 0 Å². The Kier molecular flexibility index (Phi) is 4.20. The smallest absolute Gasteiger partial charge is 0.241 e. The molecule has 1 aromatic carbocycles. The molecule has 1 atom stereocenters. The zero-order valence-electron chi connectivity index (χ0n) is 13.5. The highest BCUT2D eigenvalue weighted by Crippen LogP contribution is 2.34. The van der Waals surface area contributed by atoms with Crippen molar-refractivity contribution in [2.75, 3.05) is 18.0 Å². The van der Waals surface area contributed by atoms with Crippen molar-refractivity contribution in [2.24, 2.45) is 5.14 Å². The minimum Gasteiger partial charge on any atom is -0.308 e. The van der Waals surface area contributed by atoms with E-state index in [0.717, 1.165) is 17.8 Å². The molecule has 0 unspecified atom stereocenters. The van der Waals surface area contributed by atoms with E-state index in [1.165, 1.54) is 18.9 Å². The molecule has 7 heteroatoms. The lowest BCUT2D eigenvalue weighted by Crippen LogP contribution is -2.43. The number of carbonyl (C=O) groups is 1. The van der Waals surface area contributed by atoms with Crippen LogP contribution in [0, 0.1) is 0 Å². The number of carbonyl (C=O) groups excluding carboxylic acids is 1. The van der Waals surface area contributed by atoms with Gasteiger partial charge in [-0.05, 0) is 56.5 Å². The fourth-order valence-electron chi connectivity index (χ4n) is 3.35. The van der Waals surface area contributed by atoms with Gasteiger partial charge in [0.05, 0.1) is 11.4 Å². The summed E-state index contributed by atoms with van der Waals surface area (Å²) in [6, 6.07) is 5.35. The van der Waals surface area contributed by atoms with E-state index >= 15 is 0 Å². The van der Waals surface area contributed by atoms with Gasteiger partial charge >= 0.3 is 0 Å². The van der Waals surface area contributed by atoms with Crippen molar-refractivity contribution in [1.29, 1.82) is 0 Å². The van der Waals surface area contributed by atoms with Crippen LogP contribution in [0.3, 0.4) is 0 Å². The number of hydrogen-bond acceptors (Lipinski definition) is 4. The van der Waals surface area contributed by atoms with Crippen molar-refractivity contribution in [3.63, 3.8) is 0 Å². The summed E-state index contributed by atoms with van der Waals surface area (Å²) >= 11 is 0. The second-order valence-electron chi connectivity index (χ2n) is 6.45. The molecule has 1 fully saturated rings. The number of rotatable bonds is 5. The zero-order chi connectivity index (χ0) is 16.8. The maximum Gasteiger partial charge on any atom is 0.241 e. The minimum atomic E-state index is -3.72. The molecule has 1 heterocycles. The summed E-state index contributed by atoms with van der Waals surface area (Å²) in [5, 5.41) is 5.19. The number of nitrogens with two attached hydrogens (primary N) is 1. The number of anilines is 1. The molecule has 6 nitrogen and oxygen atoms in total. The molecule has 1 aromatic rings. The molecule has 126 valence electrons. The summed E-state index contributed by atoms with van der Waals surface area (Å²) in [6.45, 7) is 5.35. The second-order valence-corrected chi connectivity index (χ2v) is 8.01. The van der Waals surface area contributed by atoms with Gasteiger partial charge in [0.1, 0.15) is 0 Å². The normalized spacial score (nSPS) is 20.9. The van der Waals surface area contributed by atoms with E-state index in [-0.39, 0.29) is 16.8 Å². The van der Waals surface area contributed by atoms with E-state index in [1.54, 1.807) is 17.0 Å². The Morgan fingerprint density at radius 2 is 2.09 bits per heavy atom. The van der Waals surface area contributed by atoms with Gasteiger partial charge in [0, 0.05) is 17.8 Å². The Bertz CT molecular complexity index is 728. The molecule has 0 spiro atoms. The average Bonchev–Trinajstić information content (AvgIpc) is 3.25. The molecule has 2 aliphatic rings. The molecule has 0 bridgehead atoms. The van der Waals surface area contributed by atoms with Gasteiger partial charge in [-0.3, -0.25) is 9.69 Å². The van der Waals surface area contributed by atoms with Gasteiger partial charge in [0.15, 0.2) is 0 Å². The van der Waals surface area contributed by atoms with Crippen LogP contribution < -0.4 is 10.0 Å². The third kappa shape index (κ3) is 3.27. The third-order valence-electron chi connectivity index (χ3n) is 4.67. The lowest BCUT2D eigenvalue weighted by molar-refractivity contribution is -0.120. The first-order valence-electron chi connectivity index (χ1n) is 8.03. The summed E-state index contributed by atoms with van der Waals surface area (Å²) in [4.78, 5) is 16.9. The molecule has 1 amide bonds. The zero-order valence-corrected chi connectivity index (χ0v) is 14.3. The Hall–Kier alpha value is -1.44. The first-order chi connectivity index (χ1) is 10.8. The van der Waals surface area contributed by atoms with Crippen LogP contribution in [0.4, 0.5) is 5.69 Å². The molecule has 0 aromatic heterocycles. The highest BCUT2D eigenvalue weighted by molar-refractivity contribution is 7.89. The summed E-state index contributed by atoms with van der Waals surface area (Å²) in [5.41, 5.74) is 1.67. The molecular weight excluding hydrogens is 314 g/mol. The number of benzene rings is 1. The van der Waals surface area contributed by atoms with Gasteiger partial charge in [-0.1, -0.05) is 6.92 Å². The predicted octanol–water partition coefficient (Wildman–Crippen LogP) is 1.10. The van der Waals surface area contributed by atoms with Crippen LogP contribution in [-0.4, -0.2) is 44.4 Å². The lowest BCUT2D eigenvalue weighted by Gasteiger charge is -2.27. The largest absolute Gasteiger partial charge is 0.308 e. The highest BCUT2D eigenvalue weighted by Gasteiger charge is 2.35. The maximum absolute atomic E-state index is 12.7. The fraction of sp³-hybridized carbons (Fsp3) is 0.562. The molecule has 2 N–H and O–H groups in total. The van der Waals surface area contributed by atoms with Gasteiger partial charge < -0.3 is 4.90 Å². The van der Waals surface area contributed by atoms with E-state index in [2.05, 4.69) is 11.8 Å². The minimum absolute atomic E-state index is 0.0335. The molecule has 0 saturated heterocycles. The van der Waals surface area contributed by atoms with Crippen molar-refractivity contribution in [3.05, 3.63) is 23.8 Å². The number of amides is 1. The number of likely N-dealkylation sites (N-methyl/N-ethyl adjacent to an activating group) is 1. The van der Waals surface area contributed by atoms with Gasteiger partial charge in [0.2, 0.25) is 15.9 Å². The predicted molar refractivity (Wildman–Crippen MR) is 88.7 cm³/mol. The van der Waals surface area contributed by atoms with Crippen molar-refractivity contribution in [2.45, 2.75) is 50.1 Å². The molecule has 23 heavy (non-hydrogen) atoms. The van der Waals surface area contributed by atoms with Gasteiger partial charge in [-0.15, -0.1) is 0 Å². The third-order valence-corrected chi connectivity index (χ3v) is 5.58. The van der Waals surface area contributed by atoms with Crippen LogP contribution in [-0.2, 0) is 21.2 Å². The van der Waals surface area contributed by atoms with Gasteiger partial charge in [-0.25, -0.2) is 13.6 Å². The molecule has 3 rings (SSSR count). The van der Waals surface area contributed by atoms with Crippen LogP contribution in [0.5, 0.6) is 0 Å². The summed E-state index contributed by atoms with van der Waals surface area (Å²) in [6.07, 6.45) is 3.00. The Labute approximate surface area is 137 Å². The maximum atomic E-state index is 12.7. The van der Waals surface area contributed by atoms with E-state index in [9.17, 15) is 13.2 Å². The molecule has 1 aliphatic heterocycles. The molecular formula is C16H23N3O3S. The number of hydrogen-bond donors (Lipinski definition) is 1. The molecule has 0 radical (unpaired) electrons. The SMILES string of the molecule is CCN(CC(=O)N1c2ccc(S(N)(=O)=O)cc2C[C@@H]1C)C1CC1. The Morgan fingerprint density at radius 3 is 2.65 bits per heavy atom. The first kappa shape index (κ1) is 16.4. The lowest BCUT2D eigenvalue weighted by atomic mass is 10.1. The number of nitrogens with zero attached hydrogens (tertiary/aromatic N) is 2. The van der Waals surface area contributed by atoms with E-state index in [4.69, 9.17) is 5.14 Å². The summed E-state index contributed by atoms with van der Waals surface area (Å²) in [5.74, 6) is 0.0772. The van der Waals surface area contributed by atoms with Gasteiger partial charge in [-0.2, -0.15) is 0 Å². The topological polar surface area (TPSA) is 83.7 Å². The van der Waals surface area contributed by atoms with Crippen LogP contribution in [0.25, 0.3) is 0 Å². The second kappa shape index (κ2) is 5.89. The van der Waals surface area contributed by atoms with E-state index < -0.39 is 10.0 Å². The van der Waals surface area contributed by atoms with Crippen molar-refractivity contribution in [1.82, 2.24) is 4.90 Å². The van der Waals surface area contributed by atoms with E-state index in [0.29, 0.717) is 19.0 Å². The Balaban J connectivity index is 1.83. The number of sulfonamides is 1. The van der Waals surface area contributed by atoms with Crippen LogP contribution in [0.15, 0.2) is 23.1 Å². The van der Waals surface area contributed by atoms with Gasteiger partial charge in [0.25, 0.3) is 0 Å². The van der Waals surface area contributed by atoms with E-state index in [1.807, 2.05) is 6.92 Å². The number of primary sulfonamides is 1. The first-order valence-corrected chi connectivity index (χ1v) is 9.57. The average molecular weight is 337 g/mol. The molecule has 1 saturated carbocycles. The fourth-order valence-corrected chi connectivity index (χ4v) is 3.92. The van der Waals surface area contributed by atoms with Crippen molar-refractivity contribution < 1.29 is 13.2 Å². The number of fused-ring (bicyclic) bond motifs is 1. The van der Waals surface area contributed by atoms with Crippen molar-refractivity contribution >= 4 is 21.6 Å². The van der Waals surface area contributed by atoms with Crippen molar-refractivity contribution in [3.8, 4) is 0 Å². The summed E-state index contributed by atoms with van der Waals surface area (Å²) in [7, 11) is -3.72. The monoisotopic (exact) mass is 337 g/mol. The molecule has 1 aliphatic carbocycles. The highest BCUT2D eigenvalue weighted by atomic mass is 32.2. The summed E-state index contributed by atoms with van der Waals surface area (Å²) < 4.78 is 23.0. The quantitative estimate of drug-likeness (QED) is 0.872. The van der Waals surface area contributed by atoms with Crippen LogP contribution in [0.1, 0.15) is 32.3 Å². The Morgan fingerprint density at radius 1 is 1.39 bits per heavy atom. The standard InChI is InChI=1S/C16H23N3O3S/c1-3-18(13-4-5-13)10-16(20)19-11(2)8-12-9-14(23(17,21)22)6-7-15(12)19/h6-7,9,11,13H,3-5,8,10H2,1-2H3,(H2,17,21,22)/t11-/m0/s1. The van der Waals surface area contributed by atoms with Crippen LogP contribution in [0.2, 0.25) is 0 Å².